The smallest absolute Gasteiger partial charge is 0.389 e. The Balaban J connectivity index is 0.00000242. The minimum absolute atomic E-state index is 0. The third kappa shape index (κ3) is 5.61. The van der Waals surface area contributed by atoms with Crippen LogP contribution in [0, 0.1) is 0 Å². The topological polar surface area (TPSA) is 35.5 Å². The summed E-state index contributed by atoms with van der Waals surface area (Å²) in [6.07, 6.45) is -5.01. The summed E-state index contributed by atoms with van der Waals surface area (Å²) in [6, 6.07) is 4.39. The number of piperazine rings is 1. The number of alkyl halides is 3. The van der Waals surface area contributed by atoms with Crippen molar-refractivity contribution >= 4 is 28.3 Å². The van der Waals surface area contributed by atoms with Gasteiger partial charge in [-0.05, 0) is 30.2 Å². The summed E-state index contributed by atoms with van der Waals surface area (Å²) < 4.78 is 38.5. The van der Waals surface area contributed by atoms with E-state index in [1.165, 1.54) is 6.07 Å². The molecule has 3 nitrogen and oxygen atoms in total. The number of phenolic OH excluding ortho intramolecular Hbond substituents is 1. The lowest BCUT2D eigenvalue weighted by Gasteiger charge is -2.36. The number of rotatable bonds is 4. The van der Waals surface area contributed by atoms with Crippen molar-refractivity contribution in [2.24, 2.45) is 0 Å². The number of nitrogens with one attached hydrogen (secondary N) is 1. The molecule has 1 fully saturated rings. The molecular formula is C14H19BrClF3N2O. The van der Waals surface area contributed by atoms with E-state index in [1.807, 2.05) is 4.90 Å². The second-order valence-electron chi connectivity index (χ2n) is 5.16. The van der Waals surface area contributed by atoms with Crippen LogP contribution in [0.15, 0.2) is 22.7 Å². The van der Waals surface area contributed by atoms with Gasteiger partial charge in [0.2, 0.25) is 0 Å². The molecule has 0 spiro atoms. The van der Waals surface area contributed by atoms with Gasteiger partial charge in [-0.25, -0.2) is 0 Å². The summed E-state index contributed by atoms with van der Waals surface area (Å²) in [4.78, 5) is 2.04. The maximum absolute atomic E-state index is 12.6. The van der Waals surface area contributed by atoms with Crippen LogP contribution in [-0.4, -0.2) is 42.4 Å². The molecule has 1 aromatic rings. The molecule has 2 rings (SSSR count). The predicted octanol–water partition coefficient (Wildman–Crippen LogP) is 3.87. The van der Waals surface area contributed by atoms with E-state index < -0.39 is 12.6 Å². The molecule has 2 N–H and O–H groups in total. The van der Waals surface area contributed by atoms with Crippen LogP contribution in [0.4, 0.5) is 13.2 Å². The van der Waals surface area contributed by atoms with E-state index in [-0.39, 0.29) is 30.6 Å². The fourth-order valence-corrected chi connectivity index (χ4v) is 3.13. The summed E-state index contributed by atoms with van der Waals surface area (Å²) in [5.41, 5.74) is 0.709. The SMILES string of the molecule is Cl.Oc1ccc(Br)c([C@H](CCC(F)(F)F)N2CCNCC2)c1. The van der Waals surface area contributed by atoms with E-state index in [2.05, 4.69) is 21.2 Å². The van der Waals surface area contributed by atoms with Gasteiger partial charge in [-0.1, -0.05) is 15.9 Å². The highest BCUT2D eigenvalue weighted by Crippen LogP contribution is 2.36. The molecule has 0 radical (unpaired) electrons. The molecule has 1 aliphatic rings. The predicted molar refractivity (Wildman–Crippen MR) is 85.5 cm³/mol. The van der Waals surface area contributed by atoms with E-state index >= 15 is 0 Å². The Morgan fingerprint density at radius 3 is 2.50 bits per heavy atom. The van der Waals surface area contributed by atoms with Gasteiger partial charge in [0.05, 0.1) is 0 Å². The number of hydrogen-bond donors (Lipinski definition) is 2. The van der Waals surface area contributed by atoms with Crippen LogP contribution in [-0.2, 0) is 0 Å². The van der Waals surface area contributed by atoms with Gasteiger partial charge in [0, 0.05) is 43.1 Å². The molecule has 0 bridgehead atoms. The molecule has 1 atom stereocenters. The van der Waals surface area contributed by atoms with Crippen LogP contribution in [0.3, 0.4) is 0 Å². The summed E-state index contributed by atoms with van der Waals surface area (Å²) in [5, 5.41) is 12.8. The first kappa shape index (κ1) is 19.5. The largest absolute Gasteiger partial charge is 0.508 e. The monoisotopic (exact) mass is 402 g/mol. The Morgan fingerprint density at radius 1 is 1.27 bits per heavy atom. The van der Waals surface area contributed by atoms with Crippen molar-refractivity contribution in [1.82, 2.24) is 10.2 Å². The van der Waals surface area contributed by atoms with Crippen LogP contribution >= 0.6 is 28.3 Å². The van der Waals surface area contributed by atoms with Gasteiger partial charge in [-0.15, -0.1) is 12.4 Å². The molecule has 0 aliphatic carbocycles. The molecular weight excluding hydrogens is 385 g/mol. The first-order valence-corrected chi connectivity index (χ1v) is 7.66. The average molecular weight is 404 g/mol. The molecule has 0 aromatic heterocycles. The van der Waals surface area contributed by atoms with Crippen molar-refractivity contribution in [3.05, 3.63) is 28.2 Å². The fraction of sp³-hybridized carbons (Fsp3) is 0.571. The number of halogens is 5. The van der Waals surface area contributed by atoms with E-state index in [0.29, 0.717) is 18.7 Å². The van der Waals surface area contributed by atoms with Gasteiger partial charge in [-0.3, -0.25) is 4.90 Å². The van der Waals surface area contributed by atoms with Gasteiger partial charge < -0.3 is 10.4 Å². The Labute approximate surface area is 142 Å². The van der Waals surface area contributed by atoms with Crippen molar-refractivity contribution in [3.63, 3.8) is 0 Å². The Bertz CT molecular complexity index is 482. The zero-order valence-corrected chi connectivity index (χ0v) is 14.3. The number of hydrogen-bond acceptors (Lipinski definition) is 3. The Morgan fingerprint density at radius 2 is 1.91 bits per heavy atom. The highest BCUT2D eigenvalue weighted by Gasteiger charge is 2.32. The summed E-state index contributed by atoms with van der Waals surface area (Å²) in [6.45, 7) is 2.92. The standard InChI is InChI=1S/C14H18BrF3N2O.ClH/c15-12-2-1-10(21)9-11(12)13(3-4-14(16,17)18)20-7-5-19-6-8-20;/h1-2,9,13,19,21H,3-8H2;1H/t13-;/m0./s1. The number of phenols is 1. The molecule has 0 amide bonds. The van der Waals surface area contributed by atoms with Crippen LogP contribution in [0.2, 0.25) is 0 Å². The molecule has 0 saturated carbocycles. The Kier molecular flexibility index (Phi) is 7.45. The second kappa shape index (κ2) is 8.38. The van der Waals surface area contributed by atoms with Gasteiger partial charge in [0.15, 0.2) is 0 Å². The zero-order valence-electron chi connectivity index (χ0n) is 11.9. The highest BCUT2D eigenvalue weighted by atomic mass is 79.9. The number of aromatic hydroxyl groups is 1. The third-order valence-corrected chi connectivity index (χ3v) is 4.35. The van der Waals surface area contributed by atoms with Crippen LogP contribution < -0.4 is 5.32 Å². The molecule has 1 aromatic carbocycles. The van der Waals surface area contributed by atoms with E-state index in [0.717, 1.165) is 17.6 Å². The molecule has 1 heterocycles. The van der Waals surface area contributed by atoms with Crippen LogP contribution in [0.5, 0.6) is 5.75 Å². The zero-order chi connectivity index (χ0) is 15.5. The van der Waals surface area contributed by atoms with Gasteiger partial charge >= 0.3 is 6.18 Å². The summed E-state index contributed by atoms with van der Waals surface area (Å²) in [7, 11) is 0. The quantitative estimate of drug-likeness (QED) is 0.801. The molecule has 126 valence electrons. The van der Waals surface area contributed by atoms with E-state index in [9.17, 15) is 18.3 Å². The molecule has 22 heavy (non-hydrogen) atoms. The first-order chi connectivity index (χ1) is 9.87. The van der Waals surface area contributed by atoms with Crippen LogP contribution in [0.1, 0.15) is 24.4 Å². The molecule has 8 heteroatoms. The van der Waals surface area contributed by atoms with Gasteiger partial charge in [-0.2, -0.15) is 13.2 Å². The third-order valence-electron chi connectivity index (χ3n) is 3.63. The Hall–Kier alpha value is -0.500. The lowest BCUT2D eigenvalue weighted by Crippen LogP contribution is -2.45. The maximum atomic E-state index is 12.6. The average Bonchev–Trinajstić information content (AvgIpc) is 2.43. The number of benzene rings is 1. The lowest BCUT2D eigenvalue weighted by atomic mass is 9.99. The van der Waals surface area contributed by atoms with Crippen molar-refractivity contribution < 1.29 is 18.3 Å². The van der Waals surface area contributed by atoms with Crippen molar-refractivity contribution in [2.75, 3.05) is 26.2 Å². The van der Waals surface area contributed by atoms with E-state index in [4.69, 9.17) is 0 Å². The van der Waals surface area contributed by atoms with Crippen molar-refractivity contribution in [3.8, 4) is 5.75 Å². The van der Waals surface area contributed by atoms with Gasteiger partial charge in [0.1, 0.15) is 5.75 Å². The lowest BCUT2D eigenvalue weighted by molar-refractivity contribution is -0.138. The first-order valence-electron chi connectivity index (χ1n) is 6.87. The van der Waals surface area contributed by atoms with Gasteiger partial charge in [0.25, 0.3) is 0 Å². The highest BCUT2D eigenvalue weighted by molar-refractivity contribution is 9.10. The summed E-state index contributed by atoms with van der Waals surface area (Å²) >= 11 is 3.38. The molecule has 1 saturated heterocycles. The number of nitrogens with zero attached hydrogens (tertiary/aromatic N) is 1. The minimum atomic E-state index is -4.17. The van der Waals surface area contributed by atoms with Crippen molar-refractivity contribution in [1.29, 1.82) is 0 Å². The maximum Gasteiger partial charge on any atom is 0.389 e. The van der Waals surface area contributed by atoms with Crippen LogP contribution in [0.25, 0.3) is 0 Å². The molecule has 1 aliphatic heterocycles. The molecule has 0 unspecified atom stereocenters. The fourth-order valence-electron chi connectivity index (χ4n) is 2.62. The minimum Gasteiger partial charge on any atom is -0.508 e. The normalized spacial score (nSPS) is 17.8. The summed E-state index contributed by atoms with van der Waals surface area (Å²) in [5.74, 6) is 0.0698. The van der Waals surface area contributed by atoms with E-state index in [1.54, 1.807) is 12.1 Å². The van der Waals surface area contributed by atoms with Crippen molar-refractivity contribution in [2.45, 2.75) is 25.1 Å². The second-order valence-corrected chi connectivity index (χ2v) is 6.02.